The van der Waals surface area contributed by atoms with E-state index in [2.05, 4.69) is 0 Å². The van der Waals surface area contributed by atoms with Gasteiger partial charge in [0.15, 0.2) is 0 Å². The average molecular weight is 269 g/mol. The molecule has 18 heavy (non-hydrogen) atoms. The van der Waals surface area contributed by atoms with Crippen LogP contribution in [0.25, 0.3) is 0 Å². The van der Waals surface area contributed by atoms with Gasteiger partial charge in [0, 0.05) is 12.2 Å². The van der Waals surface area contributed by atoms with E-state index in [1.807, 2.05) is 0 Å². The minimum Gasteiger partial charge on any atom is -0.481 e. The summed E-state index contributed by atoms with van der Waals surface area (Å²) in [6.07, 6.45) is 0.713. The lowest BCUT2D eigenvalue weighted by Crippen LogP contribution is -2.30. The molecule has 1 heterocycles. The summed E-state index contributed by atoms with van der Waals surface area (Å²) in [5, 5.41) is 8.49. The van der Waals surface area contributed by atoms with Gasteiger partial charge in [0.2, 0.25) is 5.91 Å². The number of carbonyl (C=O) groups excluding carboxylic acids is 1. The minimum absolute atomic E-state index is 0.0995. The van der Waals surface area contributed by atoms with E-state index in [1.165, 1.54) is 17.0 Å². The zero-order valence-electron chi connectivity index (χ0n) is 9.56. The van der Waals surface area contributed by atoms with Gasteiger partial charge in [-0.3, -0.25) is 9.59 Å². The number of rotatable bonds is 4. The number of thioether (sulfide) groups is 1. The molecule has 0 saturated heterocycles. The highest BCUT2D eigenvalue weighted by molar-refractivity contribution is 8.00. The van der Waals surface area contributed by atoms with Crippen LogP contribution in [0.2, 0.25) is 0 Å². The number of fused-ring (bicyclic) bond motifs is 1. The van der Waals surface area contributed by atoms with Crippen LogP contribution >= 0.6 is 11.8 Å². The molecule has 1 aromatic carbocycles. The van der Waals surface area contributed by atoms with Gasteiger partial charge < -0.3 is 10.0 Å². The number of carboxylic acid groups (broad SMARTS) is 1. The van der Waals surface area contributed by atoms with Gasteiger partial charge in [0.1, 0.15) is 5.82 Å². The van der Waals surface area contributed by atoms with E-state index in [4.69, 9.17) is 5.11 Å². The zero-order chi connectivity index (χ0) is 13.1. The van der Waals surface area contributed by atoms with Crippen LogP contribution in [0.3, 0.4) is 0 Å². The highest BCUT2D eigenvalue weighted by Crippen LogP contribution is 2.29. The van der Waals surface area contributed by atoms with Crippen molar-refractivity contribution in [2.75, 3.05) is 23.0 Å². The van der Waals surface area contributed by atoms with Crippen molar-refractivity contribution in [3.05, 3.63) is 29.6 Å². The molecule has 0 saturated carbocycles. The molecule has 0 aromatic heterocycles. The standard InChI is InChI=1S/C12H12FNO3S/c13-9-2-1-8-3-4-14(10(8)5-9)11(15)6-18-7-12(16)17/h1-2,5H,3-4,6-7H2,(H,16,17). The molecule has 0 atom stereocenters. The second kappa shape index (κ2) is 5.39. The topological polar surface area (TPSA) is 57.6 Å². The predicted molar refractivity (Wildman–Crippen MR) is 67.4 cm³/mol. The highest BCUT2D eigenvalue weighted by Gasteiger charge is 2.24. The number of nitrogens with zero attached hydrogens (tertiary/aromatic N) is 1. The lowest BCUT2D eigenvalue weighted by molar-refractivity contribution is -0.133. The number of benzene rings is 1. The van der Waals surface area contributed by atoms with Crippen molar-refractivity contribution in [3.63, 3.8) is 0 Å². The second-order valence-electron chi connectivity index (χ2n) is 3.95. The maximum Gasteiger partial charge on any atom is 0.313 e. The average Bonchev–Trinajstić information content (AvgIpc) is 2.71. The van der Waals surface area contributed by atoms with Gasteiger partial charge >= 0.3 is 5.97 Å². The van der Waals surface area contributed by atoms with Gasteiger partial charge in [0.05, 0.1) is 11.5 Å². The minimum atomic E-state index is -0.944. The van der Waals surface area contributed by atoms with Crippen molar-refractivity contribution >= 4 is 29.3 Å². The van der Waals surface area contributed by atoms with E-state index in [-0.39, 0.29) is 23.2 Å². The molecule has 1 N–H and O–H groups in total. The van der Waals surface area contributed by atoms with E-state index >= 15 is 0 Å². The number of carboxylic acids is 1. The molecule has 0 aliphatic carbocycles. The SMILES string of the molecule is O=C(O)CSCC(=O)N1CCc2ccc(F)cc21. The molecular formula is C12H12FNO3S. The van der Waals surface area contributed by atoms with Crippen LogP contribution in [0.4, 0.5) is 10.1 Å². The number of halogens is 1. The van der Waals surface area contributed by atoms with Gasteiger partial charge in [0.25, 0.3) is 0 Å². The number of hydrogen-bond acceptors (Lipinski definition) is 3. The van der Waals surface area contributed by atoms with Crippen LogP contribution in [0, 0.1) is 5.82 Å². The molecule has 4 nitrogen and oxygen atoms in total. The molecule has 2 rings (SSSR count). The van der Waals surface area contributed by atoms with Crippen molar-refractivity contribution < 1.29 is 19.1 Å². The number of amides is 1. The maximum atomic E-state index is 13.1. The Labute approximate surface area is 108 Å². The molecule has 1 amide bonds. The maximum absolute atomic E-state index is 13.1. The van der Waals surface area contributed by atoms with Crippen molar-refractivity contribution in [2.45, 2.75) is 6.42 Å². The lowest BCUT2D eigenvalue weighted by Gasteiger charge is -2.16. The molecule has 0 radical (unpaired) electrons. The van der Waals surface area contributed by atoms with E-state index in [9.17, 15) is 14.0 Å². The second-order valence-corrected chi connectivity index (χ2v) is 4.94. The van der Waals surface area contributed by atoms with Gasteiger partial charge in [-0.15, -0.1) is 11.8 Å². The van der Waals surface area contributed by atoms with Crippen molar-refractivity contribution in [3.8, 4) is 0 Å². The normalized spacial score (nSPS) is 13.5. The highest BCUT2D eigenvalue weighted by atomic mass is 32.2. The predicted octanol–water partition coefficient (Wildman–Crippen LogP) is 1.53. The third kappa shape index (κ3) is 2.81. The molecule has 0 unspecified atom stereocenters. The molecule has 0 spiro atoms. The van der Waals surface area contributed by atoms with Crippen LogP contribution in [0.1, 0.15) is 5.56 Å². The van der Waals surface area contributed by atoms with Gasteiger partial charge in [-0.1, -0.05) is 6.07 Å². The van der Waals surface area contributed by atoms with Crippen LogP contribution in [0.15, 0.2) is 18.2 Å². The fraction of sp³-hybridized carbons (Fsp3) is 0.333. The van der Waals surface area contributed by atoms with Gasteiger partial charge in [-0.05, 0) is 24.1 Å². The summed E-state index contributed by atoms with van der Waals surface area (Å²) in [6.45, 7) is 0.533. The Bertz CT molecular complexity index is 492. The monoisotopic (exact) mass is 269 g/mol. The fourth-order valence-electron chi connectivity index (χ4n) is 1.91. The van der Waals surface area contributed by atoms with Crippen molar-refractivity contribution in [1.29, 1.82) is 0 Å². The molecule has 0 bridgehead atoms. The Morgan fingerprint density at radius 2 is 2.17 bits per heavy atom. The first-order valence-electron chi connectivity index (χ1n) is 5.46. The Morgan fingerprint density at radius 1 is 1.39 bits per heavy atom. The zero-order valence-corrected chi connectivity index (χ0v) is 10.4. The summed E-state index contributed by atoms with van der Waals surface area (Å²) >= 11 is 1.05. The Balaban J connectivity index is 2.02. The largest absolute Gasteiger partial charge is 0.481 e. The smallest absolute Gasteiger partial charge is 0.313 e. The first-order chi connectivity index (χ1) is 8.58. The fourth-order valence-corrected chi connectivity index (χ4v) is 2.52. The van der Waals surface area contributed by atoms with Gasteiger partial charge in [-0.2, -0.15) is 0 Å². The molecule has 96 valence electrons. The van der Waals surface area contributed by atoms with Crippen LogP contribution in [-0.2, 0) is 16.0 Å². The third-order valence-electron chi connectivity index (χ3n) is 2.70. The van der Waals surface area contributed by atoms with E-state index in [1.54, 1.807) is 6.07 Å². The van der Waals surface area contributed by atoms with Crippen LogP contribution in [0.5, 0.6) is 0 Å². The molecule has 1 aliphatic rings. The summed E-state index contributed by atoms with van der Waals surface area (Å²) < 4.78 is 13.1. The number of carbonyl (C=O) groups is 2. The van der Waals surface area contributed by atoms with Gasteiger partial charge in [-0.25, -0.2) is 4.39 Å². The molecule has 0 fully saturated rings. The number of aliphatic carboxylic acids is 1. The molecule has 1 aliphatic heterocycles. The number of anilines is 1. The first kappa shape index (κ1) is 12.9. The summed E-state index contributed by atoms with van der Waals surface area (Å²) in [5.41, 5.74) is 1.56. The van der Waals surface area contributed by atoms with Crippen molar-refractivity contribution in [1.82, 2.24) is 0 Å². The molecular weight excluding hydrogens is 257 g/mol. The molecule has 6 heteroatoms. The first-order valence-corrected chi connectivity index (χ1v) is 6.62. The summed E-state index contributed by atoms with van der Waals surface area (Å²) in [6, 6.07) is 4.41. The molecule has 1 aromatic rings. The van der Waals surface area contributed by atoms with E-state index in [0.717, 1.165) is 17.3 Å². The van der Waals surface area contributed by atoms with Crippen LogP contribution < -0.4 is 4.90 Å². The van der Waals surface area contributed by atoms with E-state index in [0.29, 0.717) is 18.7 Å². The lowest BCUT2D eigenvalue weighted by atomic mass is 10.2. The summed E-state index contributed by atoms with van der Waals surface area (Å²) in [5.74, 6) is -1.49. The van der Waals surface area contributed by atoms with E-state index < -0.39 is 5.97 Å². The van der Waals surface area contributed by atoms with Crippen LogP contribution in [-0.4, -0.2) is 35.0 Å². The Hall–Kier alpha value is -1.56. The Kier molecular flexibility index (Phi) is 3.86. The quantitative estimate of drug-likeness (QED) is 0.900. The Morgan fingerprint density at radius 3 is 2.89 bits per heavy atom. The third-order valence-corrected chi connectivity index (χ3v) is 3.60. The number of hydrogen-bond donors (Lipinski definition) is 1. The van der Waals surface area contributed by atoms with Crippen molar-refractivity contribution in [2.24, 2.45) is 0 Å². The summed E-state index contributed by atoms with van der Waals surface area (Å²) in [4.78, 5) is 23.8. The summed E-state index contributed by atoms with van der Waals surface area (Å²) in [7, 11) is 0.